The van der Waals surface area contributed by atoms with Crippen LogP contribution in [0.5, 0.6) is 0 Å². The van der Waals surface area contributed by atoms with Gasteiger partial charge in [-0.25, -0.2) is 4.79 Å². The lowest BCUT2D eigenvalue weighted by molar-refractivity contribution is 0.0526. The minimum atomic E-state index is -0.352. The summed E-state index contributed by atoms with van der Waals surface area (Å²) in [5, 5.41) is 10.7. The SMILES string of the molecule is CCOC(=O)c1cccc(N=Nc2cccc3ccccc23)c1. The number of esters is 1. The second kappa shape index (κ2) is 6.83. The van der Waals surface area contributed by atoms with E-state index in [0.717, 1.165) is 16.5 Å². The van der Waals surface area contributed by atoms with Crippen LogP contribution in [0.25, 0.3) is 10.8 Å². The topological polar surface area (TPSA) is 51.0 Å². The van der Waals surface area contributed by atoms with Crippen LogP contribution >= 0.6 is 0 Å². The van der Waals surface area contributed by atoms with Crippen molar-refractivity contribution in [2.24, 2.45) is 10.2 Å². The number of azo groups is 1. The van der Waals surface area contributed by atoms with Crippen molar-refractivity contribution >= 4 is 28.1 Å². The van der Waals surface area contributed by atoms with Gasteiger partial charge >= 0.3 is 5.97 Å². The fourth-order valence-electron chi connectivity index (χ4n) is 2.32. The van der Waals surface area contributed by atoms with E-state index in [0.29, 0.717) is 17.9 Å². The summed E-state index contributed by atoms with van der Waals surface area (Å²) in [4.78, 5) is 11.8. The Kier molecular flexibility index (Phi) is 4.43. The first kappa shape index (κ1) is 14.9. The zero-order valence-electron chi connectivity index (χ0n) is 12.8. The molecule has 0 fully saturated rings. The molecule has 0 aliphatic heterocycles. The van der Waals surface area contributed by atoms with Crippen LogP contribution in [-0.4, -0.2) is 12.6 Å². The molecule has 0 aromatic heterocycles. The lowest BCUT2D eigenvalue weighted by Gasteiger charge is -2.02. The summed E-state index contributed by atoms with van der Waals surface area (Å²) < 4.78 is 4.99. The average molecular weight is 304 g/mol. The van der Waals surface area contributed by atoms with Gasteiger partial charge in [0.15, 0.2) is 0 Å². The highest BCUT2D eigenvalue weighted by Crippen LogP contribution is 2.27. The molecule has 3 rings (SSSR count). The van der Waals surface area contributed by atoms with Gasteiger partial charge in [-0.1, -0.05) is 42.5 Å². The molecule has 0 aliphatic rings. The number of hydrogen-bond acceptors (Lipinski definition) is 4. The van der Waals surface area contributed by atoms with Crippen molar-refractivity contribution in [2.75, 3.05) is 6.61 Å². The lowest BCUT2D eigenvalue weighted by Crippen LogP contribution is -2.03. The molecule has 0 saturated heterocycles. The number of hydrogen-bond donors (Lipinski definition) is 0. The van der Waals surface area contributed by atoms with Crippen molar-refractivity contribution in [1.29, 1.82) is 0 Å². The third-order valence-electron chi connectivity index (χ3n) is 3.40. The van der Waals surface area contributed by atoms with Crippen LogP contribution in [0.4, 0.5) is 11.4 Å². The van der Waals surface area contributed by atoms with E-state index < -0.39 is 0 Å². The quantitative estimate of drug-likeness (QED) is 0.476. The second-order valence-corrected chi connectivity index (χ2v) is 4.97. The lowest BCUT2D eigenvalue weighted by atomic mass is 10.1. The molecule has 3 aromatic carbocycles. The van der Waals surface area contributed by atoms with Crippen molar-refractivity contribution in [3.63, 3.8) is 0 Å². The predicted molar refractivity (Wildman–Crippen MR) is 90.5 cm³/mol. The smallest absolute Gasteiger partial charge is 0.338 e. The number of carbonyl (C=O) groups is 1. The first-order valence-electron chi connectivity index (χ1n) is 7.44. The molecule has 0 radical (unpaired) electrons. The van der Waals surface area contributed by atoms with Crippen LogP contribution < -0.4 is 0 Å². The summed E-state index contributed by atoms with van der Waals surface area (Å²) in [6, 6.07) is 20.9. The molecule has 3 aromatic rings. The van der Waals surface area contributed by atoms with Crippen LogP contribution in [0.1, 0.15) is 17.3 Å². The zero-order chi connectivity index (χ0) is 16.1. The van der Waals surface area contributed by atoms with Gasteiger partial charge in [-0.05, 0) is 36.6 Å². The van der Waals surface area contributed by atoms with Gasteiger partial charge in [0.05, 0.1) is 23.5 Å². The van der Waals surface area contributed by atoms with Crippen LogP contribution in [0.2, 0.25) is 0 Å². The number of benzene rings is 3. The first-order chi connectivity index (χ1) is 11.3. The van der Waals surface area contributed by atoms with Gasteiger partial charge in [0.1, 0.15) is 0 Å². The molecule has 0 saturated carbocycles. The molecule has 0 unspecified atom stereocenters. The maximum absolute atomic E-state index is 11.8. The Balaban J connectivity index is 1.90. The van der Waals surface area contributed by atoms with Gasteiger partial charge in [0.2, 0.25) is 0 Å². The Bertz CT molecular complexity index is 867. The fourth-order valence-corrected chi connectivity index (χ4v) is 2.32. The van der Waals surface area contributed by atoms with Gasteiger partial charge < -0.3 is 4.74 Å². The van der Waals surface area contributed by atoms with Crippen molar-refractivity contribution in [3.05, 3.63) is 72.3 Å². The Hall–Kier alpha value is -3.01. The molecule has 0 amide bonds. The van der Waals surface area contributed by atoms with E-state index in [1.54, 1.807) is 31.2 Å². The van der Waals surface area contributed by atoms with Crippen LogP contribution in [0.3, 0.4) is 0 Å². The van der Waals surface area contributed by atoms with Gasteiger partial charge in [-0.2, -0.15) is 5.11 Å². The normalized spacial score (nSPS) is 11.0. The zero-order valence-corrected chi connectivity index (χ0v) is 12.8. The third kappa shape index (κ3) is 3.43. The van der Waals surface area contributed by atoms with E-state index in [-0.39, 0.29) is 5.97 Å². The molecule has 0 atom stereocenters. The van der Waals surface area contributed by atoms with Gasteiger partial charge in [0.25, 0.3) is 0 Å². The molecule has 4 heteroatoms. The highest BCUT2D eigenvalue weighted by molar-refractivity contribution is 5.92. The summed E-state index contributed by atoms with van der Waals surface area (Å²) in [5.74, 6) is -0.352. The molecule has 0 bridgehead atoms. The number of carbonyl (C=O) groups excluding carboxylic acids is 1. The predicted octanol–water partition coefficient (Wildman–Crippen LogP) is 5.43. The van der Waals surface area contributed by atoms with Crippen LogP contribution in [-0.2, 0) is 4.74 Å². The van der Waals surface area contributed by atoms with Gasteiger partial charge in [-0.3, -0.25) is 0 Å². The van der Waals surface area contributed by atoms with Crippen LogP contribution in [0, 0.1) is 0 Å². The highest BCUT2D eigenvalue weighted by atomic mass is 16.5. The molecule has 4 nitrogen and oxygen atoms in total. The Labute approximate surface area is 134 Å². The average Bonchev–Trinajstić information content (AvgIpc) is 2.60. The van der Waals surface area contributed by atoms with E-state index in [4.69, 9.17) is 4.74 Å². The number of fused-ring (bicyclic) bond motifs is 1. The molecule has 0 aliphatic carbocycles. The van der Waals surface area contributed by atoms with Crippen molar-refractivity contribution in [1.82, 2.24) is 0 Å². The minimum absolute atomic E-state index is 0.348. The van der Waals surface area contributed by atoms with E-state index >= 15 is 0 Å². The van der Waals surface area contributed by atoms with Gasteiger partial charge in [-0.15, -0.1) is 5.11 Å². The van der Waals surface area contributed by atoms with Gasteiger partial charge in [0, 0.05) is 5.39 Å². The minimum Gasteiger partial charge on any atom is -0.462 e. The molecular weight excluding hydrogens is 288 g/mol. The third-order valence-corrected chi connectivity index (χ3v) is 3.40. The molecule has 23 heavy (non-hydrogen) atoms. The monoisotopic (exact) mass is 304 g/mol. The van der Waals surface area contributed by atoms with Crippen molar-refractivity contribution in [2.45, 2.75) is 6.92 Å². The summed E-state index contributed by atoms with van der Waals surface area (Å²) in [6.45, 7) is 2.13. The van der Waals surface area contributed by atoms with E-state index in [9.17, 15) is 4.79 Å². The summed E-state index contributed by atoms with van der Waals surface area (Å²) in [5.41, 5.74) is 1.88. The highest BCUT2D eigenvalue weighted by Gasteiger charge is 2.06. The van der Waals surface area contributed by atoms with Crippen molar-refractivity contribution in [3.8, 4) is 0 Å². The molecule has 0 spiro atoms. The summed E-state index contributed by atoms with van der Waals surface area (Å²) in [6.07, 6.45) is 0. The van der Waals surface area contributed by atoms with E-state index in [2.05, 4.69) is 10.2 Å². The first-order valence-corrected chi connectivity index (χ1v) is 7.44. The summed E-state index contributed by atoms with van der Waals surface area (Å²) in [7, 11) is 0. The molecule has 0 heterocycles. The Morgan fingerprint density at radius 2 is 1.74 bits per heavy atom. The van der Waals surface area contributed by atoms with Crippen molar-refractivity contribution < 1.29 is 9.53 Å². The molecule has 0 N–H and O–H groups in total. The van der Waals surface area contributed by atoms with E-state index in [1.807, 2.05) is 42.5 Å². The Morgan fingerprint density at radius 1 is 0.957 bits per heavy atom. The maximum atomic E-state index is 11.8. The summed E-state index contributed by atoms with van der Waals surface area (Å²) >= 11 is 0. The molecule has 114 valence electrons. The number of nitrogens with zero attached hydrogens (tertiary/aromatic N) is 2. The fraction of sp³-hybridized carbons (Fsp3) is 0.105. The standard InChI is InChI=1S/C19H16N2O2/c1-2-23-19(22)15-9-5-10-16(13-15)20-21-18-12-6-8-14-7-3-4-11-17(14)18/h3-13H,2H2,1H3. The second-order valence-electron chi connectivity index (χ2n) is 4.97. The number of rotatable bonds is 4. The van der Waals surface area contributed by atoms with Crippen LogP contribution in [0.15, 0.2) is 77.0 Å². The Morgan fingerprint density at radius 3 is 2.61 bits per heavy atom. The van der Waals surface area contributed by atoms with E-state index in [1.165, 1.54) is 0 Å². The maximum Gasteiger partial charge on any atom is 0.338 e. The molecular formula is C19H16N2O2. The largest absolute Gasteiger partial charge is 0.462 e. The number of ether oxygens (including phenoxy) is 1.